The Kier molecular flexibility index (Phi) is 4.64. The van der Waals surface area contributed by atoms with Crippen LogP contribution in [0, 0.1) is 5.92 Å². The second-order valence-corrected chi connectivity index (χ2v) is 8.02. The molecule has 6 heteroatoms. The quantitative estimate of drug-likeness (QED) is 0.768. The molecule has 2 saturated heterocycles. The molecule has 0 amide bonds. The molecule has 1 N–H and O–H groups in total. The average molecular weight is 275 g/mol. The van der Waals surface area contributed by atoms with Crippen LogP contribution in [0.5, 0.6) is 0 Å². The van der Waals surface area contributed by atoms with Crippen LogP contribution >= 0.6 is 0 Å². The second-order valence-electron chi connectivity index (χ2n) is 5.66. The van der Waals surface area contributed by atoms with Gasteiger partial charge in [0, 0.05) is 26.2 Å². The summed E-state index contributed by atoms with van der Waals surface area (Å²) in [5.41, 5.74) is 0. The minimum absolute atomic E-state index is 0.300. The molecule has 18 heavy (non-hydrogen) atoms. The lowest BCUT2D eigenvalue weighted by atomic mass is 9.97. The van der Waals surface area contributed by atoms with Crippen molar-refractivity contribution in [1.82, 2.24) is 14.5 Å². The molecule has 2 rings (SSSR count). The van der Waals surface area contributed by atoms with Crippen molar-refractivity contribution in [2.75, 3.05) is 46.3 Å². The van der Waals surface area contributed by atoms with Crippen LogP contribution in [0.1, 0.15) is 19.8 Å². The van der Waals surface area contributed by atoms with Gasteiger partial charge in [-0.25, -0.2) is 12.7 Å². The summed E-state index contributed by atoms with van der Waals surface area (Å²) < 4.78 is 26.4. The van der Waals surface area contributed by atoms with Gasteiger partial charge >= 0.3 is 0 Å². The van der Waals surface area contributed by atoms with E-state index < -0.39 is 10.0 Å². The first-order chi connectivity index (χ1) is 8.50. The van der Waals surface area contributed by atoms with Gasteiger partial charge in [-0.3, -0.25) is 0 Å². The molecule has 0 aliphatic carbocycles. The standard InChI is InChI=1S/C12H25N3O2S/c1-11-9-13-5-8-15(18(11,16)17)10-12-3-6-14(2)7-4-12/h11-13H,3-10H2,1-2H3. The van der Waals surface area contributed by atoms with Gasteiger partial charge in [0.05, 0.1) is 5.25 Å². The fraction of sp³-hybridized carbons (Fsp3) is 1.00. The molecular formula is C12H25N3O2S. The monoisotopic (exact) mass is 275 g/mol. The molecule has 0 saturated carbocycles. The molecule has 5 nitrogen and oxygen atoms in total. The molecule has 1 atom stereocenters. The Labute approximate surface area is 111 Å². The third kappa shape index (κ3) is 3.23. The summed E-state index contributed by atoms with van der Waals surface area (Å²) in [6.45, 7) is 6.66. The Morgan fingerprint density at radius 3 is 2.56 bits per heavy atom. The average Bonchev–Trinajstić information content (AvgIpc) is 2.45. The van der Waals surface area contributed by atoms with Gasteiger partial charge in [0.1, 0.15) is 0 Å². The lowest BCUT2D eigenvalue weighted by molar-refractivity contribution is 0.196. The minimum Gasteiger partial charge on any atom is -0.314 e. The lowest BCUT2D eigenvalue weighted by Gasteiger charge is -2.32. The predicted octanol–water partition coefficient (Wildman–Crippen LogP) is -0.0483. The van der Waals surface area contributed by atoms with E-state index in [1.807, 2.05) is 0 Å². The molecule has 0 aromatic heterocycles. The third-order valence-electron chi connectivity index (χ3n) is 4.14. The van der Waals surface area contributed by atoms with Crippen molar-refractivity contribution >= 4 is 10.0 Å². The number of nitrogens with one attached hydrogen (secondary N) is 1. The van der Waals surface area contributed by atoms with Gasteiger partial charge in [-0.1, -0.05) is 0 Å². The molecule has 2 aliphatic heterocycles. The van der Waals surface area contributed by atoms with Crippen LogP contribution in [0.25, 0.3) is 0 Å². The van der Waals surface area contributed by atoms with E-state index in [-0.39, 0.29) is 5.25 Å². The molecular weight excluding hydrogens is 250 g/mol. The van der Waals surface area contributed by atoms with Gasteiger partial charge in [0.15, 0.2) is 0 Å². The molecule has 0 radical (unpaired) electrons. The first-order valence-electron chi connectivity index (χ1n) is 6.88. The SMILES string of the molecule is CC1CNCCN(CC2CCN(C)CC2)S1(=O)=O. The first-order valence-corrected chi connectivity index (χ1v) is 8.38. The van der Waals surface area contributed by atoms with Crippen molar-refractivity contribution in [1.29, 1.82) is 0 Å². The molecule has 2 aliphatic rings. The van der Waals surface area contributed by atoms with Gasteiger partial charge in [-0.05, 0) is 45.8 Å². The van der Waals surface area contributed by atoms with Crippen molar-refractivity contribution in [3.8, 4) is 0 Å². The van der Waals surface area contributed by atoms with E-state index in [0.717, 1.165) is 32.5 Å². The number of sulfonamides is 1. The maximum absolute atomic E-state index is 12.3. The number of likely N-dealkylation sites (tertiary alicyclic amines) is 1. The van der Waals surface area contributed by atoms with Gasteiger partial charge in [-0.15, -0.1) is 0 Å². The van der Waals surface area contributed by atoms with Crippen molar-refractivity contribution in [3.05, 3.63) is 0 Å². The third-order valence-corrected chi connectivity index (χ3v) is 6.37. The second kappa shape index (κ2) is 5.86. The highest BCUT2D eigenvalue weighted by Gasteiger charge is 2.32. The van der Waals surface area contributed by atoms with Crippen molar-refractivity contribution in [2.24, 2.45) is 5.92 Å². The van der Waals surface area contributed by atoms with Gasteiger partial charge in [-0.2, -0.15) is 0 Å². The Bertz CT molecular complexity index is 364. The normalized spacial score (nSPS) is 32.2. The number of hydrogen-bond donors (Lipinski definition) is 1. The molecule has 1 unspecified atom stereocenters. The summed E-state index contributed by atoms with van der Waals surface area (Å²) in [6.07, 6.45) is 2.23. The zero-order chi connectivity index (χ0) is 13.2. The largest absolute Gasteiger partial charge is 0.314 e. The van der Waals surface area contributed by atoms with Crippen molar-refractivity contribution in [2.45, 2.75) is 25.0 Å². The molecule has 106 valence electrons. The smallest absolute Gasteiger partial charge is 0.218 e. The van der Waals surface area contributed by atoms with E-state index in [4.69, 9.17) is 0 Å². The van der Waals surface area contributed by atoms with E-state index >= 15 is 0 Å². The zero-order valence-corrected chi connectivity index (χ0v) is 12.2. The van der Waals surface area contributed by atoms with E-state index in [2.05, 4.69) is 17.3 Å². The molecule has 0 bridgehead atoms. The van der Waals surface area contributed by atoms with Crippen molar-refractivity contribution in [3.63, 3.8) is 0 Å². The van der Waals surface area contributed by atoms with Gasteiger partial charge < -0.3 is 10.2 Å². The van der Waals surface area contributed by atoms with Crippen LogP contribution in [-0.2, 0) is 10.0 Å². The molecule has 2 heterocycles. The molecule has 0 spiro atoms. The first kappa shape index (κ1) is 14.2. The maximum atomic E-state index is 12.3. The van der Waals surface area contributed by atoms with Crippen LogP contribution in [-0.4, -0.2) is 69.2 Å². The lowest BCUT2D eigenvalue weighted by Crippen LogP contribution is -2.43. The molecule has 0 aromatic carbocycles. The van der Waals surface area contributed by atoms with E-state index in [1.165, 1.54) is 0 Å². The van der Waals surface area contributed by atoms with Crippen LogP contribution < -0.4 is 5.32 Å². The highest BCUT2D eigenvalue weighted by Crippen LogP contribution is 2.20. The summed E-state index contributed by atoms with van der Waals surface area (Å²) in [4.78, 5) is 2.32. The Morgan fingerprint density at radius 1 is 1.22 bits per heavy atom. The summed E-state index contributed by atoms with van der Waals surface area (Å²) in [6, 6.07) is 0. The Balaban J connectivity index is 1.98. The number of nitrogens with zero attached hydrogens (tertiary/aromatic N) is 2. The Hall–Kier alpha value is -0.170. The fourth-order valence-corrected chi connectivity index (χ4v) is 4.33. The fourth-order valence-electron chi connectivity index (χ4n) is 2.72. The number of hydrogen-bond acceptors (Lipinski definition) is 4. The summed E-state index contributed by atoms with van der Waals surface area (Å²) >= 11 is 0. The molecule has 2 fully saturated rings. The van der Waals surface area contributed by atoms with Crippen molar-refractivity contribution < 1.29 is 8.42 Å². The van der Waals surface area contributed by atoms with E-state index in [0.29, 0.717) is 25.6 Å². The van der Waals surface area contributed by atoms with Crippen LogP contribution in [0.2, 0.25) is 0 Å². The van der Waals surface area contributed by atoms with Crippen LogP contribution in [0.15, 0.2) is 0 Å². The summed E-state index contributed by atoms with van der Waals surface area (Å²) in [5, 5.41) is 2.90. The Morgan fingerprint density at radius 2 is 1.89 bits per heavy atom. The van der Waals surface area contributed by atoms with Gasteiger partial charge in [0.25, 0.3) is 0 Å². The number of piperidine rings is 1. The van der Waals surface area contributed by atoms with Crippen LogP contribution in [0.4, 0.5) is 0 Å². The number of rotatable bonds is 2. The summed E-state index contributed by atoms with van der Waals surface area (Å²) in [7, 11) is -0.965. The highest BCUT2D eigenvalue weighted by atomic mass is 32.2. The predicted molar refractivity (Wildman–Crippen MR) is 73.0 cm³/mol. The minimum atomic E-state index is -3.09. The maximum Gasteiger partial charge on any atom is 0.218 e. The van der Waals surface area contributed by atoms with E-state index in [9.17, 15) is 8.42 Å². The topological polar surface area (TPSA) is 52.6 Å². The zero-order valence-electron chi connectivity index (χ0n) is 11.4. The summed E-state index contributed by atoms with van der Waals surface area (Å²) in [5.74, 6) is 0.529. The van der Waals surface area contributed by atoms with Gasteiger partial charge in [0.2, 0.25) is 10.0 Å². The van der Waals surface area contributed by atoms with E-state index in [1.54, 1.807) is 11.2 Å². The van der Waals surface area contributed by atoms with Crippen LogP contribution in [0.3, 0.4) is 0 Å². The highest BCUT2D eigenvalue weighted by molar-refractivity contribution is 7.89. The molecule has 0 aromatic rings.